The fourth-order valence-electron chi connectivity index (χ4n) is 2.09. The molecule has 0 atom stereocenters. The van der Waals surface area contributed by atoms with Gasteiger partial charge >= 0.3 is 0 Å². The lowest BCUT2D eigenvalue weighted by Crippen LogP contribution is -2.29. The number of benzene rings is 2. The van der Waals surface area contributed by atoms with Crippen LogP contribution >= 0.6 is 0 Å². The molecule has 0 aliphatic rings. The van der Waals surface area contributed by atoms with Crippen molar-refractivity contribution >= 4 is 10.8 Å². The maximum Gasteiger partial charge on any atom is 0.189 e. The summed E-state index contributed by atoms with van der Waals surface area (Å²) in [5.41, 5.74) is 2.72. The second-order valence-electron chi connectivity index (χ2n) is 4.45. The standard InChI is InChI=1S/C16H13NO/c1-12-6-7-16(11-17(12)18)15-9-8-13-4-2-3-5-14(13)10-15/h2-11H,1H3. The van der Waals surface area contributed by atoms with Crippen molar-refractivity contribution in [3.8, 4) is 11.1 Å². The maximum atomic E-state index is 11.6. The molecule has 2 nitrogen and oxygen atoms in total. The highest BCUT2D eigenvalue weighted by atomic mass is 16.5. The molecule has 0 bridgehead atoms. The van der Waals surface area contributed by atoms with Crippen molar-refractivity contribution in [1.82, 2.24) is 0 Å². The van der Waals surface area contributed by atoms with Gasteiger partial charge in [0.15, 0.2) is 11.9 Å². The lowest BCUT2D eigenvalue weighted by atomic mass is 10.0. The predicted molar refractivity (Wildman–Crippen MR) is 73.1 cm³/mol. The molecule has 0 N–H and O–H groups in total. The number of nitrogens with zero attached hydrogens (tertiary/aromatic N) is 1. The molecule has 0 unspecified atom stereocenters. The van der Waals surface area contributed by atoms with Crippen LogP contribution in [0.2, 0.25) is 0 Å². The van der Waals surface area contributed by atoms with Crippen LogP contribution in [0.5, 0.6) is 0 Å². The first kappa shape index (κ1) is 10.8. The molecule has 2 aromatic carbocycles. The van der Waals surface area contributed by atoms with Gasteiger partial charge in [-0.2, -0.15) is 4.73 Å². The molecule has 2 heteroatoms. The number of hydrogen-bond donors (Lipinski definition) is 0. The molecule has 1 heterocycles. The van der Waals surface area contributed by atoms with Crippen LogP contribution in [-0.2, 0) is 0 Å². The molecule has 18 heavy (non-hydrogen) atoms. The molecule has 0 spiro atoms. The number of hydrogen-bond acceptors (Lipinski definition) is 1. The van der Waals surface area contributed by atoms with Gasteiger partial charge in [0.2, 0.25) is 0 Å². The Morgan fingerprint density at radius 1 is 0.833 bits per heavy atom. The normalized spacial score (nSPS) is 10.7. The zero-order chi connectivity index (χ0) is 12.5. The van der Waals surface area contributed by atoms with E-state index in [-0.39, 0.29) is 0 Å². The van der Waals surface area contributed by atoms with Crippen molar-refractivity contribution in [2.24, 2.45) is 0 Å². The van der Waals surface area contributed by atoms with Gasteiger partial charge in [-0.15, -0.1) is 0 Å². The van der Waals surface area contributed by atoms with Crippen LogP contribution in [0.4, 0.5) is 0 Å². The van der Waals surface area contributed by atoms with Crippen LogP contribution in [0.1, 0.15) is 5.69 Å². The molecule has 0 saturated heterocycles. The monoisotopic (exact) mass is 235 g/mol. The van der Waals surface area contributed by atoms with Gasteiger partial charge in [-0.3, -0.25) is 0 Å². The molecule has 3 rings (SSSR count). The van der Waals surface area contributed by atoms with Gasteiger partial charge in [-0.05, 0) is 28.5 Å². The molecule has 1 aromatic heterocycles. The number of fused-ring (bicyclic) bond motifs is 1. The summed E-state index contributed by atoms with van der Waals surface area (Å²) < 4.78 is 0.907. The summed E-state index contributed by atoms with van der Waals surface area (Å²) in [5, 5.41) is 14.0. The topological polar surface area (TPSA) is 26.9 Å². The molecule has 0 aliphatic heterocycles. The van der Waals surface area contributed by atoms with Gasteiger partial charge < -0.3 is 5.21 Å². The Morgan fingerprint density at radius 3 is 2.33 bits per heavy atom. The maximum absolute atomic E-state index is 11.6. The Bertz CT molecular complexity index is 719. The van der Waals surface area contributed by atoms with Crippen LogP contribution in [0.25, 0.3) is 21.9 Å². The van der Waals surface area contributed by atoms with Crippen molar-refractivity contribution in [3.05, 3.63) is 71.7 Å². The van der Waals surface area contributed by atoms with Gasteiger partial charge in [0.1, 0.15) is 0 Å². The summed E-state index contributed by atoms with van der Waals surface area (Å²) in [6, 6.07) is 18.3. The average Bonchev–Trinajstić information content (AvgIpc) is 2.41. The van der Waals surface area contributed by atoms with Crippen molar-refractivity contribution in [3.63, 3.8) is 0 Å². The van der Waals surface area contributed by atoms with E-state index in [1.165, 1.54) is 10.8 Å². The van der Waals surface area contributed by atoms with E-state index >= 15 is 0 Å². The first-order valence-electron chi connectivity index (χ1n) is 5.93. The quantitative estimate of drug-likeness (QED) is 0.469. The number of aromatic nitrogens is 1. The third-order valence-corrected chi connectivity index (χ3v) is 3.19. The highest BCUT2D eigenvalue weighted by Crippen LogP contribution is 2.23. The van der Waals surface area contributed by atoms with E-state index in [2.05, 4.69) is 24.3 Å². The van der Waals surface area contributed by atoms with Gasteiger partial charge in [0.25, 0.3) is 0 Å². The average molecular weight is 235 g/mol. The van der Waals surface area contributed by atoms with E-state index in [1.54, 1.807) is 13.1 Å². The second-order valence-corrected chi connectivity index (χ2v) is 4.45. The van der Waals surface area contributed by atoms with E-state index in [4.69, 9.17) is 0 Å². The molecule has 0 aliphatic carbocycles. The van der Waals surface area contributed by atoms with Crippen molar-refractivity contribution < 1.29 is 4.73 Å². The lowest BCUT2D eigenvalue weighted by molar-refractivity contribution is -0.611. The fourth-order valence-corrected chi connectivity index (χ4v) is 2.09. The summed E-state index contributed by atoms with van der Waals surface area (Å²) in [6.07, 6.45) is 1.62. The molecule has 0 radical (unpaired) electrons. The van der Waals surface area contributed by atoms with Crippen molar-refractivity contribution in [2.75, 3.05) is 0 Å². The SMILES string of the molecule is Cc1ccc(-c2ccc3ccccc3c2)c[n+]1[O-]. The Morgan fingerprint density at radius 2 is 1.56 bits per heavy atom. The van der Waals surface area contributed by atoms with Crippen LogP contribution < -0.4 is 4.73 Å². The van der Waals surface area contributed by atoms with Crippen LogP contribution in [0.3, 0.4) is 0 Å². The summed E-state index contributed by atoms with van der Waals surface area (Å²) in [6.45, 7) is 1.80. The third kappa shape index (κ3) is 1.82. The Hall–Kier alpha value is -2.35. The number of rotatable bonds is 1. The van der Waals surface area contributed by atoms with E-state index in [0.717, 1.165) is 15.9 Å². The summed E-state index contributed by atoms with van der Waals surface area (Å²) >= 11 is 0. The minimum Gasteiger partial charge on any atom is -0.618 e. The largest absolute Gasteiger partial charge is 0.618 e. The lowest BCUT2D eigenvalue weighted by Gasteiger charge is -2.05. The smallest absolute Gasteiger partial charge is 0.189 e. The minimum atomic E-state index is 0.708. The van der Waals surface area contributed by atoms with Gasteiger partial charge in [0, 0.05) is 18.6 Å². The zero-order valence-electron chi connectivity index (χ0n) is 10.1. The Kier molecular flexibility index (Phi) is 2.49. The highest BCUT2D eigenvalue weighted by Gasteiger charge is 2.04. The Balaban J connectivity index is 2.16. The second kappa shape index (κ2) is 4.15. The van der Waals surface area contributed by atoms with E-state index in [1.807, 2.05) is 30.3 Å². The molecule has 0 fully saturated rings. The molecular weight excluding hydrogens is 222 g/mol. The zero-order valence-corrected chi connectivity index (χ0v) is 10.1. The van der Waals surface area contributed by atoms with Crippen molar-refractivity contribution in [2.45, 2.75) is 6.92 Å². The number of pyridine rings is 1. The van der Waals surface area contributed by atoms with E-state index in [0.29, 0.717) is 5.69 Å². The molecule has 88 valence electrons. The van der Waals surface area contributed by atoms with Gasteiger partial charge in [-0.25, -0.2) is 0 Å². The van der Waals surface area contributed by atoms with Crippen LogP contribution in [0, 0.1) is 12.1 Å². The predicted octanol–water partition coefficient (Wildman–Crippen LogP) is 3.45. The molecular formula is C16H13NO. The van der Waals surface area contributed by atoms with Gasteiger partial charge in [0.05, 0.1) is 0 Å². The molecule has 0 amide bonds. The van der Waals surface area contributed by atoms with Crippen LogP contribution in [-0.4, -0.2) is 0 Å². The van der Waals surface area contributed by atoms with E-state index in [9.17, 15) is 5.21 Å². The molecule has 3 aromatic rings. The van der Waals surface area contributed by atoms with Gasteiger partial charge in [-0.1, -0.05) is 36.4 Å². The first-order chi connectivity index (χ1) is 8.74. The number of aryl methyl sites for hydroxylation is 1. The van der Waals surface area contributed by atoms with E-state index < -0.39 is 0 Å². The fraction of sp³-hybridized carbons (Fsp3) is 0.0625. The Labute approximate surface area is 106 Å². The first-order valence-corrected chi connectivity index (χ1v) is 5.93. The summed E-state index contributed by atoms with van der Waals surface area (Å²) in [5.74, 6) is 0. The third-order valence-electron chi connectivity index (χ3n) is 3.19. The van der Waals surface area contributed by atoms with Crippen molar-refractivity contribution in [1.29, 1.82) is 0 Å². The molecule has 0 saturated carbocycles. The minimum absolute atomic E-state index is 0.708. The summed E-state index contributed by atoms with van der Waals surface area (Å²) in [7, 11) is 0. The summed E-state index contributed by atoms with van der Waals surface area (Å²) in [4.78, 5) is 0. The van der Waals surface area contributed by atoms with Crippen LogP contribution in [0.15, 0.2) is 60.8 Å². The highest BCUT2D eigenvalue weighted by molar-refractivity contribution is 5.87.